The number of nitrogens with one attached hydrogen (secondary N) is 1. The quantitative estimate of drug-likeness (QED) is 0.850. The third kappa shape index (κ3) is 3.64. The average molecular weight is 287 g/mol. The Morgan fingerprint density at radius 2 is 1.95 bits per heavy atom. The van der Waals surface area contributed by atoms with E-state index in [0.29, 0.717) is 0 Å². The summed E-state index contributed by atoms with van der Waals surface area (Å²) in [6.07, 6.45) is 1.98. The molecule has 0 spiro atoms. The first-order chi connectivity index (χ1) is 10.2. The molecule has 1 heterocycles. The van der Waals surface area contributed by atoms with Crippen molar-refractivity contribution in [2.24, 2.45) is 7.05 Å². The van der Waals surface area contributed by atoms with Gasteiger partial charge in [0.1, 0.15) is 5.75 Å². The molecular weight excluding hydrogens is 262 g/mol. The van der Waals surface area contributed by atoms with Crippen molar-refractivity contribution in [3.63, 3.8) is 0 Å². The molecule has 0 aliphatic carbocycles. The summed E-state index contributed by atoms with van der Waals surface area (Å²) in [5.41, 5.74) is 3.51. The van der Waals surface area contributed by atoms with Gasteiger partial charge in [0.25, 0.3) is 0 Å². The van der Waals surface area contributed by atoms with Gasteiger partial charge in [-0.25, -0.2) is 0 Å². The number of ether oxygens (including phenoxy) is 1. The largest absolute Gasteiger partial charge is 0.494 e. The molecule has 0 saturated carbocycles. The molecule has 2 rings (SSSR count). The summed E-state index contributed by atoms with van der Waals surface area (Å²) in [5, 5.41) is 7.91. The summed E-state index contributed by atoms with van der Waals surface area (Å²) < 4.78 is 7.60. The Morgan fingerprint density at radius 1 is 1.24 bits per heavy atom. The van der Waals surface area contributed by atoms with Gasteiger partial charge in [0.2, 0.25) is 0 Å². The lowest BCUT2D eigenvalue weighted by atomic mass is 10.0. The van der Waals surface area contributed by atoms with Crippen LogP contribution in [0.4, 0.5) is 0 Å². The van der Waals surface area contributed by atoms with Crippen LogP contribution in [0.2, 0.25) is 0 Å². The van der Waals surface area contributed by atoms with Crippen molar-refractivity contribution in [1.82, 2.24) is 15.1 Å². The molecular formula is C17H25N3O. The number of nitrogens with zero attached hydrogens (tertiary/aromatic N) is 2. The Hall–Kier alpha value is -1.81. The van der Waals surface area contributed by atoms with Crippen LogP contribution in [0.15, 0.2) is 30.3 Å². The van der Waals surface area contributed by atoms with E-state index in [9.17, 15) is 0 Å². The summed E-state index contributed by atoms with van der Waals surface area (Å²) >= 11 is 0. The fourth-order valence-electron chi connectivity index (χ4n) is 2.45. The van der Waals surface area contributed by atoms with E-state index in [0.717, 1.165) is 30.9 Å². The van der Waals surface area contributed by atoms with Crippen LogP contribution in [0, 0.1) is 0 Å². The van der Waals surface area contributed by atoms with E-state index >= 15 is 0 Å². The van der Waals surface area contributed by atoms with Gasteiger partial charge in [-0.3, -0.25) is 4.68 Å². The Labute approximate surface area is 127 Å². The van der Waals surface area contributed by atoms with Crippen molar-refractivity contribution in [2.45, 2.75) is 32.7 Å². The van der Waals surface area contributed by atoms with E-state index in [1.807, 2.05) is 30.9 Å². The standard InChI is InChI=1S/C17H25N3O/c1-5-11-21-15-9-7-13(8-10-15)17(18-3)16-12-14(6-2)19-20(16)4/h7-10,12,17-18H,5-6,11H2,1-4H3. The number of aryl methyl sites for hydroxylation is 2. The van der Waals surface area contributed by atoms with Gasteiger partial charge in [-0.05, 0) is 43.7 Å². The van der Waals surface area contributed by atoms with E-state index in [-0.39, 0.29) is 6.04 Å². The van der Waals surface area contributed by atoms with Gasteiger partial charge in [0.15, 0.2) is 0 Å². The highest BCUT2D eigenvalue weighted by atomic mass is 16.5. The van der Waals surface area contributed by atoms with Crippen molar-refractivity contribution >= 4 is 0 Å². The van der Waals surface area contributed by atoms with Gasteiger partial charge in [-0.1, -0.05) is 26.0 Å². The molecule has 114 valence electrons. The van der Waals surface area contributed by atoms with Crippen LogP contribution in [0.3, 0.4) is 0 Å². The maximum absolute atomic E-state index is 5.64. The average Bonchev–Trinajstić information content (AvgIpc) is 2.88. The van der Waals surface area contributed by atoms with Crippen molar-refractivity contribution in [3.05, 3.63) is 47.3 Å². The third-order valence-corrected chi connectivity index (χ3v) is 3.60. The molecule has 2 aromatic rings. The van der Waals surface area contributed by atoms with Crippen LogP contribution >= 0.6 is 0 Å². The first kappa shape index (κ1) is 15.6. The molecule has 0 aliphatic rings. The first-order valence-corrected chi connectivity index (χ1v) is 7.62. The number of benzene rings is 1. The maximum atomic E-state index is 5.64. The van der Waals surface area contributed by atoms with Crippen LogP contribution in [-0.4, -0.2) is 23.4 Å². The normalized spacial score (nSPS) is 12.4. The second kappa shape index (κ2) is 7.27. The SMILES string of the molecule is CCCOc1ccc(C(NC)c2cc(CC)nn2C)cc1. The predicted octanol–water partition coefficient (Wildman–Crippen LogP) is 3.08. The Bertz CT molecular complexity index is 560. The van der Waals surface area contributed by atoms with Crippen molar-refractivity contribution in [1.29, 1.82) is 0 Å². The minimum atomic E-state index is 0.142. The third-order valence-electron chi connectivity index (χ3n) is 3.60. The fraction of sp³-hybridized carbons (Fsp3) is 0.471. The molecule has 0 bridgehead atoms. The van der Waals surface area contributed by atoms with Gasteiger partial charge in [0, 0.05) is 7.05 Å². The monoisotopic (exact) mass is 287 g/mol. The molecule has 1 aromatic heterocycles. The highest BCUT2D eigenvalue weighted by molar-refractivity contribution is 5.34. The fourth-order valence-corrected chi connectivity index (χ4v) is 2.45. The summed E-state index contributed by atoms with van der Waals surface area (Å²) in [7, 11) is 3.97. The van der Waals surface area contributed by atoms with Gasteiger partial charge in [0.05, 0.1) is 24.0 Å². The molecule has 21 heavy (non-hydrogen) atoms. The summed E-state index contributed by atoms with van der Waals surface area (Å²) in [6.45, 7) is 5.00. The van der Waals surface area contributed by atoms with Crippen molar-refractivity contribution in [3.8, 4) is 5.75 Å². The smallest absolute Gasteiger partial charge is 0.119 e. The van der Waals surface area contributed by atoms with Gasteiger partial charge < -0.3 is 10.1 Å². The lowest BCUT2D eigenvalue weighted by molar-refractivity contribution is 0.317. The second-order valence-electron chi connectivity index (χ2n) is 5.18. The minimum Gasteiger partial charge on any atom is -0.494 e. The molecule has 0 amide bonds. The zero-order valence-corrected chi connectivity index (χ0v) is 13.4. The Morgan fingerprint density at radius 3 is 2.48 bits per heavy atom. The molecule has 4 heteroatoms. The second-order valence-corrected chi connectivity index (χ2v) is 5.18. The van der Waals surface area contributed by atoms with E-state index in [1.54, 1.807) is 0 Å². The predicted molar refractivity (Wildman–Crippen MR) is 85.7 cm³/mol. The zero-order valence-electron chi connectivity index (χ0n) is 13.4. The van der Waals surface area contributed by atoms with Crippen LogP contribution in [0.25, 0.3) is 0 Å². The van der Waals surface area contributed by atoms with E-state index in [2.05, 4.69) is 42.5 Å². The number of rotatable bonds is 7. The molecule has 1 unspecified atom stereocenters. The topological polar surface area (TPSA) is 39.1 Å². The van der Waals surface area contributed by atoms with Crippen molar-refractivity contribution in [2.75, 3.05) is 13.7 Å². The van der Waals surface area contributed by atoms with Crippen LogP contribution in [0.1, 0.15) is 43.3 Å². The molecule has 0 aliphatic heterocycles. The molecule has 1 atom stereocenters. The molecule has 4 nitrogen and oxygen atoms in total. The molecule has 1 N–H and O–H groups in total. The molecule has 0 radical (unpaired) electrons. The van der Waals surface area contributed by atoms with Crippen LogP contribution < -0.4 is 10.1 Å². The van der Waals surface area contributed by atoms with Gasteiger partial charge in [-0.2, -0.15) is 5.10 Å². The van der Waals surface area contributed by atoms with Crippen LogP contribution in [-0.2, 0) is 13.5 Å². The zero-order chi connectivity index (χ0) is 15.2. The molecule has 0 fully saturated rings. The lowest BCUT2D eigenvalue weighted by Crippen LogP contribution is -2.20. The number of hydrogen-bond acceptors (Lipinski definition) is 3. The lowest BCUT2D eigenvalue weighted by Gasteiger charge is -2.17. The highest BCUT2D eigenvalue weighted by Gasteiger charge is 2.17. The molecule has 0 saturated heterocycles. The van der Waals surface area contributed by atoms with Crippen LogP contribution in [0.5, 0.6) is 5.75 Å². The molecule has 1 aromatic carbocycles. The summed E-state index contributed by atoms with van der Waals surface area (Å²) in [6, 6.07) is 10.6. The Balaban J connectivity index is 2.22. The number of hydrogen-bond donors (Lipinski definition) is 1. The van der Waals surface area contributed by atoms with E-state index in [4.69, 9.17) is 4.74 Å². The minimum absolute atomic E-state index is 0.142. The van der Waals surface area contributed by atoms with Gasteiger partial charge >= 0.3 is 0 Å². The highest BCUT2D eigenvalue weighted by Crippen LogP contribution is 2.24. The van der Waals surface area contributed by atoms with Crippen molar-refractivity contribution < 1.29 is 4.74 Å². The Kier molecular flexibility index (Phi) is 5.39. The first-order valence-electron chi connectivity index (χ1n) is 7.62. The van der Waals surface area contributed by atoms with E-state index in [1.165, 1.54) is 11.3 Å². The summed E-state index contributed by atoms with van der Waals surface area (Å²) in [4.78, 5) is 0. The number of aromatic nitrogens is 2. The summed E-state index contributed by atoms with van der Waals surface area (Å²) in [5.74, 6) is 0.926. The van der Waals surface area contributed by atoms with E-state index < -0.39 is 0 Å². The maximum Gasteiger partial charge on any atom is 0.119 e. The van der Waals surface area contributed by atoms with Gasteiger partial charge in [-0.15, -0.1) is 0 Å².